The number of aryl methyl sites for hydroxylation is 1. The first-order valence-electron chi connectivity index (χ1n) is 11.9. The van der Waals surface area contributed by atoms with E-state index in [4.69, 9.17) is 4.74 Å². The number of amides is 2. The maximum atomic E-state index is 13.4. The summed E-state index contributed by atoms with van der Waals surface area (Å²) < 4.78 is 5.36. The van der Waals surface area contributed by atoms with Crippen LogP contribution in [-0.4, -0.2) is 41.7 Å². The van der Waals surface area contributed by atoms with E-state index in [1.165, 1.54) is 11.1 Å². The van der Waals surface area contributed by atoms with E-state index in [0.29, 0.717) is 18.7 Å². The van der Waals surface area contributed by atoms with E-state index in [1.807, 2.05) is 43.3 Å². The van der Waals surface area contributed by atoms with Gasteiger partial charge in [-0.1, -0.05) is 56.2 Å². The molecule has 0 aliphatic heterocycles. The third-order valence-electron chi connectivity index (χ3n) is 6.32. The van der Waals surface area contributed by atoms with Gasteiger partial charge in [-0.3, -0.25) is 9.59 Å². The summed E-state index contributed by atoms with van der Waals surface area (Å²) in [5, 5.41) is 3.20. The van der Waals surface area contributed by atoms with Crippen LogP contribution < -0.4 is 10.1 Å². The minimum absolute atomic E-state index is 0.00942. The number of hydrogen-bond donors (Lipinski definition) is 1. The van der Waals surface area contributed by atoms with Crippen molar-refractivity contribution in [3.8, 4) is 5.75 Å². The van der Waals surface area contributed by atoms with Gasteiger partial charge in [-0.25, -0.2) is 0 Å². The molecule has 0 saturated heterocycles. The minimum Gasteiger partial charge on any atom is -0.497 e. The topological polar surface area (TPSA) is 58.6 Å². The Morgan fingerprint density at radius 1 is 1.15 bits per heavy atom. The summed E-state index contributed by atoms with van der Waals surface area (Å²) in [7, 11) is 1.63. The SMILES string of the molecule is CCC(C(=O)NC1CCCC1)N(Cc1cccc(OC)c1)C(=O)CSCc1ccccc1C. The number of methoxy groups -OCH3 is 1. The molecule has 3 rings (SSSR count). The van der Waals surface area contributed by atoms with Crippen LogP contribution in [0, 0.1) is 6.92 Å². The van der Waals surface area contributed by atoms with Gasteiger partial charge in [0.15, 0.2) is 0 Å². The molecule has 0 heterocycles. The fourth-order valence-corrected chi connectivity index (χ4v) is 5.34. The predicted molar refractivity (Wildman–Crippen MR) is 135 cm³/mol. The minimum atomic E-state index is -0.483. The number of benzene rings is 2. The molecule has 1 N–H and O–H groups in total. The highest BCUT2D eigenvalue weighted by molar-refractivity contribution is 7.99. The van der Waals surface area contributed by atoms with E-state index >= 15 is 0 Å². The molecule has 1 unspecified atom stereocenters. The van der Waals surface area contributed by atoms with E-state index in [-0.39, 0.29) is 17.9 Å². The van der Waals surface area contributed by atoms with Crippen LogP contribution in [0.4, 0.5) is 0 Å². The van der Waals surface area contributed by atoms with Gasteiger partial charge in [0.05, 0.1) is 12.9 Å². The van der Waals surface area contributed by atoms with Crippen molar-refractivity contribution >= 4 is 23.6 Å². The molecule has 1 fully saturated rings. The average Bonchev–Trinajstić information content (AvgIpc) is 3.33. The van der Waals surface area contributed by atoms with Crippen LogP contribution in [0.15, 0.2) is 48.5 Å². The second kappa shape index (κ2) is 12.7. The van der Waals surface area contributed by atoms with E-state index in [0.717, 1.165) is 42.7 Å². The molecule has 33 heavy (non-hydrogen) atoms. The molecule has 0 radical (unpaired) electrons. The lowest BCUT2D eigenvalue weighted by molar-refractivity contribution is -0.139. The normalized spacial score (nSPS) is 14.6. The Kier molecular flexibility index (Phi) is 9.67. The van der Waals surface area contributed by atoms with Gasteiger partial charge in [-0.05, 0) is 55.0 Å². The van der Waals surface area contributed by atoms with Gasteiger partial charge in [0, 0.05) is 18.3 Å². The number of thioether (sulfide) groups is 1. The van der Waals surface area contributed by atoms with Crippen molar-refractivity contribution in [1.29, 1.82) is 0 Å². The van der Waals surface area contributed by atoms with Crippen LogP contribution >= 0.6 is 11.8 Å². The summed E-state index contributed by atoms with van der Waals surface area (Å²) in [5.74, 6) is 1.81. The number of hydrogen-bond acceptors (Lipinski definition) is 4. The molecule has 0 spiro atoms. The zero-order chi connectivity index (χ0) is 23.6. The highest BCUT2D eigenvalue weighted by Gasteiger charge is 2.30. The van der Waals surface area contributed by atoms with Crippen LogP contribution in [0.3, 0.4) is 0 Å². The third-order valence-corrected chi connectivity index (χ3v) is 7.29. The highest BCUT2D eigenvalue weighted by atomic mass is 32.2. The summed E-state index contributed by atoms with van der Waals surface area (Å²) in [6, 6.07) is 15.7. The third kappa shape index (κ3) is 7.26. The first-order valence-corrected chi connectivity index (χ1v) is 13.0. The lowest BCUT2D eigenvalue weighted by Gasteiger charge is -2.31. The molecule has 2 amide bonds. The van der Waals surface area contributed by atoms with Crippen molar-refractivity contribution in [3.05, 3.63) is 65.2 Å². The molecule has 1 aliphatic carbocycles. The Morgan fingerprint density at radius 3 is 2.61 bits per heavy atom. The molecule has 0 aromatic heterocycles. The first kappa shape index (κ1) is 25.2. The van der Waals surface area contributed by atoms with Gasteiger partial charge < -0.3 is 15.0 Å². The highest BCUT2D eigenvalue weighted by Crippen LogP contribution is 2.22. The first-order chi connectivity index (χ1) is 16.0. The largest absolute Gasteiger partial charge is 0.497 e. The van der Waals surface area contributed by atoms with Gasteiger partial charge in [0.25, 0.3) is 0 Å². The van der Waals surface area contributed by atoms with Crippen molar-refractivity contribution in [2.24, 2.45) is 0 Å². The fourth-order valence-electron chi connectivity index (χ4n) is 4.36. The lowest BCUT2D eigenvalue weighted by Crippen LogP contribution is -2.51. The standard InChI is InChI=1S/C27H36N2O3S/c1-4-25(27(31)28-23-13-7-8-14-23)29(17-21-11-9-15-24(16-21)32-3)26(30)19-33-18-22-12-6-5-10-20(22)2/h5-6,9-12,15-16,23,25H,4,7-8,13-14,17-19H2,1-3H3,(H,28,31). The number of ether oxygens (including phenoxy) is 1. The van der Waals surface area contributed by atoms with Gasteiger partial charge in [-0.15, -0.1) is 11.8 Å². The van der Waals surface area contributed by atoms with Crippen molar-refractivity contribution in [3.63, 3.8) is 0 Å². The van der Waals surface area contributed by atoms with Gasteiger partial charge in [0.1, 0.15) is 11.8 Å². The average molecular weight is 469 g/mol. The van der Waals surface area contributed by atoms with Gasteiger partial charge in [0.2, 0.25) is 11.8 Å². The number of carbonyl (C=O) groups is 2. The fraction of sp³-hybridized carbons (Fsp3) is 0.481. The van der Waals surface area contributed by atoms with Crippen molar-refractivity contribution < 1.29 is 14.3 Å². The molecule has 2 aromatic rings. The molecule has 6 heteroatoms. The number of nitrogens with one attached hydrogen (secondary N) is 1. The molecular weight excluding hydrogens is 432 g/mol. The van der Waals surface area contributed by atoms with Gasteiger partial charge in [-0.2, -0.15) is 0 Å². The molecule has 1 saturated carbocycles. The molecule has 1 aliphatic rings. The summed E-state index contributed by atoms with van der Waals surface area (Å²) >= 11 is 1.60. The zero-order valence-corrected chi connectivity index (χ0v) is 20.8. The number of rotatable bonds is 11. The maximum absolute atomic E-state index is 13.4. The zero-order valence-electron chi connectivity index (χ0n) is 20.0. The van der Waals surface area contributed by atoms with E-state index in [1.54, 1.807) is 23.8 Å². The second-order valence-electron chi connectivity index (χ2n) is 8.71. The van der Waals surface area contributed by atoms with Crippen LogP contribution in [0.1, 0.15) is 55.7 Å². The van der Waals surface area contributed by atoms with Gasteiger partial charge >= 0.3 is 0 Å². The smallest absolute Gasteiger partial charge is 0.243 e. The summed E-state index contributed by atoms with van der Waals surface area (Å²) in [4.78, 5) is 28.4. The summed E-state index contributed by atoms with van der Waals surface area (Å²) in [6.45, 7) is 4.45. The van der Waals surface area contributed by atoms with Crippen LogP contribution in [-0.2, 0) is 21.9 Å². The van der Waals surface area contributed by atoms with Crippen molar-refractivity contribution in [2.45, 2.75) is 70.3 Å². The molecule has 1 atom stereocenters. The number of nitrogens with zero attached hydrogens (tertiary/aromatic N) is 1. The number of carbonyl (C=O) groups excluding carboxylic acids is 2. The Labute approximate surface area is 202 Å². The molecule has 5 nitrogen and oxygen atoms in total. The summed E-state index contributed by atoms with van der Waals surface area (Å²) in [5.41, 5.74) is 3.42. The van der Waals surface area contributed by atoms with Crippen molar-refractivity contribution in [1.82, 2.24) is 10.2 Å². The molecule has 0 bridgehead atoms. The Bertz CT molecular complexity index is 927. The quantitative estimate of drug-likeness (QED) is 0.498. The second-order valence-corrected chi connectivity index (χ2v) is 9.69. The van der Waals surface area contributed by atoms with E-state index < -0.39 is 6.04 Å². The predicted octanol–water partition coefficient (Wildman–Crippen LogP) is 5.10. The summed E-state index contributed by atoms with van der Waals surface area (Å²) in [6.07, 6.45) is 4.95. The van der Waals surface area contributed by atoms with Crippen LogP contribution in [0.25, 0.3) is 0 Å². The molecular formula is C27H36N2O3S. The van der Waals surface area contributed by atoms with E-state index in [2.05, 4.69) is 24.4 Å². The molecule has 178 valence electrons. The van der Waals surface area contributed by atoms with Crippen LogP contribution in [0.5, 0.6) is 5.75 Å². The maximum Gasteiger partial charge on any atom is 0.243 e. The van der Waals surface area contributed by atoms with Crippen molar-refractivity contribution in [2.75, 3.05) is 12.9 Å². The van der Waals surface area contributed by atoms with Crippen LogP contribution in [0.2, 0.25) is 0 Å². The lowest BCUT2D eigenvalue weighted by atomic mass is 10.1. The Morgan fingerprint density at radius 2 is 1.91 bits per heavy atom. The Balaban J connectivity index is 1.73. The molecule has 2 aromatic carbocycles. The van der Waals surface area contributed by atoms with E-state index in [9.17, 15) is 9.59 Å². The monoisotopic (exact) mass is 468 g/mol. The Hall–Kier alpha value is -2.47.